The number of hydrogen-bond donors (Lipinski definition) is 1. The SMILES string of the molecule is CC(C)(C)OC(=O)C1=CC2(CCC1S(=O)(=O)Nc1ccc(F)cc1Cl)OCCO2. The molecule has 1 aliphatic carbocycles. The zero-order chi connectivity index (χ0) is 21.4. The first-order valence-electron chi connectivity index (χ1n) is 9.11. The van der Waals surface area contributed by atoms with Crippen molar-refractivity contribution in [3.63, 3.8) is 0 Å². The van der Waals surface area contributed by atoms with Gasteiger partial charge in [-0.1, -0.05) is 11.6 Å². The second kappa shape index (κ2) is 7.86. The molecule has 0 bridgehead atoms. The van der Waals surface area contributed by atoms with Crippen molar-refractivity contribution >= 4 is 33.3 Å². The number of carbonyl (C=O) groups is 1. The van der Waals surface area contributed by atoms with Gasteiger partial charge in [0.05, 0.1) is 29.5 Å². The Morgan fingerprint density at radius 3 is 2.55 bits per heavy atom. The molecule has 2 aliphatic rings. The Morgan fingerprint density at radius 1 is 1.31 bits per heavy atom. The fourth-order valence-corrected chi connectivity index (χ4v) is 5.06. The minimum Gasteiger partial charge on any atom is -0.457 e. The first-order chi connectivity index (χ1) is 13.4. The molecule has 160 valence electrons. The van der Waals surface area contributed by atoms with E-state index in [2.05, 4.69) is 4.72 Å². The summed E-state index contributed by atoms with van der Waals surface area (Å²) in [6.07, 6.45) is 1.72. The van der Waals surface area contributed by atoms with Gasteiger partial charge in [-0.25, -0.2) is 17.6 Å². The van der Waals surface area contributed by atoms with Gasteiger partial charge in [-0.15, -0.1) is 0 Å². The summed E-state index contributed by atoms with van der Waals surface area (Å²) in [7, 11) is -4.10. The Labute approximate surface area is 174 Å². The van der Waals surface area contributed by atoms with Gasteiger partial charge in [-0.05, 0) is 51.5 Å². The van der Waals surface area contributed by atoms with Crippen LogP contribution in [0.15, 0.2) is 29.8 Å². The number of ether oxygens (including phenoxy) is 3. The predicted molar refractivity (Wildman–Crippen MR) is 106 cm³/mol. The Hall–Kier alpha value is -1.68. The summed E-state index contributed by atoms with van der Waals surface area (Å²) < 4.78 is 58.4. The molecular formula is C19H23ClFNO6S. The molecular weight excluding hydrogens is 425 g/mol. The van der Waals surface area contributed by atoms with Crippen molar-refractivity contribution < 1.29 is 31.8 Å². The molecule has 1 aromatic carbocycles. The van der Waals surface area contributed by atoms with Crippen LogP contribution in [0.1, 0.15) is 33.6 Å². The number of carbonyl (C=O) groups excluding carboxylic acids is 1. The molecule has 1 saturated heterocycles. The van der Waals surface area contributed by atoms with E-state index in [4.69, 9.17) is 25.8 Å². The fourth-order valence-electron chi connectivity index (χ4n) is 3.23. The molecule has 3 rings (SSSR count). The van der Waals surface area contributed by atoms with Gasteiger partial charge in [0.1, 0.15) is 16.7 Å². The van der Waals surface area contributed by atoms with Gasteiger partial charge in [0.25, 0.3) is 0 Å². The zero-order valence-electron chi connectivity index (χ0n) is 16.3. The lowest BCUT2D eigenvalue weighted by atomic mass is 9.94. The number of anilines is 1. The number of halogens is 2. The summed E-state index contributed by atoms with van der Waals surface area (Å²) in [5.74, 6) is -2.50. The van der Waals surface area contributed by atoms with Crippen LogP contribution in [-0.2, 0) is 29.0 Å². The van der Waals surface area contributed by atoms with Crippen LogP contribution in [0.25, 0.3) is 0 Å². The Bertz CT molecular complexity index is 935. The quantitative estimate of drug-likeness (QED) is 0.711. The van der Waals surface area contributed by atoms with E-state index in [1.807, 2.05) is 0 Å². The summed E-state index contributed by atoms with van der Waals surface area (Å²) >= 11 is 5.95. The highest BCUT2D eigenvalue weighted by molar-refractivity contribution is 7.93. The van der Waals surface area contributed by atoms with Gasteiger partial charge in [-0.3, -0.25) is 4.72 Å². The average Bonchev–Trinajstić information content (AvgIpc) is 3.03. The number of esters is 1. The highest BCUT2D eigenvalue weighted by Gasteiger charge is 2.46. The largest absolute Gasteiger partial charge is 0.457 e. The van der Waals surface area contributed by atoms with E-state index in [1.54, 1.807) is 20.8 Å². The minimum absolute atomic E-state index is 0.0188. The van der Waals surface area contributed by atoms with Gasteiger partial charge in [0.2, 0.25) is 10.0 Å². The van der Waals surface area contributed by atoms with Crippen molar-refractivity contribution in [2.45, 2.75) is 50.3 Å². The van der Waals surface area contributed by atoms with Crippen LogP contribution in [-0.4, -0.2) is 44.2 Å². The van der Waals surface area contributed by atoms with Crippen molar-refractivity contribution in [2.24, 2.45) is 0 Å². The fraction of sp³-hybridized carbons (Fsp3) is 0.526. The maximum absolute atomic E-state index is 13.3. The standard InChI is InChI=1S/C19H23ClFNO6S/c1-18(2,3)28-17(23)13-11-19(26-8-9-27-19)7-6-16(13)29(24,25)22-15-5-4-12(21)10-14(15)20/h4-5,10-11,16,22H,6-9H2,1-3H3. The molecule has 1 N–H and O–H groups in total. The van der Waals surface area contributed by atoms with Gasteiger partial charge < -0.3 is 14.2 Å². The highest BCUT2D eigenvalue weighted by atomic mass is 35.5. The second-order valence-corrected chi connectivity index (χ2v) is 10.2. The molecule has 1 aromatic rings. The summed E-state index contributed by atoms with van der Waals surface area (Å²) in [6.45, 7) is 5.75. The molecule has 1 unspecified atom stereocenters. The van der Waals surface area contributed by atoms with Crippen LogP contribution >= 0.6 is 11.6 Å². The van der Waals surface area contributed by atoms with E-state index in [-0.39, 0.29) is 29.1 Å². The molecule has 7 nitrogen and oxygen atoms in total. The van der Waals surface area contributed by atoms with E-state index >= 15 is 0 Å². The van der Waals surface area contributed by atoms with Gasteiger partial charge in [0.15, 0.2) is 5.79 Å². The second-order valence-electron chi connectivity index (χ2n) is 7.91. The Kier molecular flexibility index (Phi) is 5.97. The molecule has 1 aliphatic heterocycles. The van der Waals surface area contributed by atoms with Gasteiger partial charge >= 0.3 is 5.97 Å². The van der Waals surface area contributed by atoms with Crippen molar-refractivity contribution in [1.82, 2.24) is 0 Å². The van der Waals surface area contributed by atoms with Crippen molar-refractivity contribution in [1.29, 1.82) is 0 Å². The lowest BCUT2D eigenvalue weighted by Crippen LogP contribution is -2.43. The van der Waals surface area contributed by atoms with E-state index in [0.717, 1.165) is 12.1 Å². The lowest BCUT2D eigenvalue weighted by molar-refractivity contribution is -0.153. The number of hydrogen-bond acceptors (Lipinski definition) is 6. The smallest absolute Gasteiger partial charge is 0.335 e. The van der Waals surface area contributed by atoms with E-state index in [1.165, 1.54) is 12.1 Å². The molecule has 1 fully saturated rings. The Balaban J connectivity index is 1.95. The maximum Gasteiger partial charge on any atom is 0.335 e. The third-order valence-corrected chi connectivity index (χ3v) is 6.50. The first-order valence-corrected chi connectivity index (χ1v) is 11.0. The van der Waals surface area contributed by atoms with Crippen molar-refractivity contribution in [2.75, 3.05) is 17.9 Å². The van der Waals surface area contributed by atoms with Crippen molar-refractivity contribution in [3.8, 4) is 0 Å². The summed E-state index contributed by atoms with van der Waals surface area (Å²) in [5, 5.41) is -1.30. The molecule has 0 radical (unpaired) electrons. The van der Waals surface area contributed by atoms with Crippen LogP contribution in [0.4, 0.5) is 10.1 Å². The normalized spacial score (nSPS) is 21.7. The van der Waals surface area contributed by atoms with Gasteiger partial charge in [-0.2, -0.15) is 0 Å². The van der Waals surface area contributed by atoms with Crippen LogP contribution in [0.2, 0.25) is 5.02 Å². The number of sulfonamides is 1. The van der Waals surface area contributed by atoms with Crippen LogP contribution in [0.3, 0.4) is 0 Å². The number of nitrogens with one attached hydrogen (secondary N) is 1. The van der Waals surface area contributed by atoms with Gasteiger partial charge in [0, 0.05) is 6.42 Å². The molecule has 10 heteroatoms. The molecule has 0 aromatic heterocycles. The molecule has 29 heavy (non-hydrogen) atoms. The molecule has 1 spiro atoms. The summed E-state index contributed by atoms with van der Waals surface area (Å²) in [5.41, 5.74) is -0.869. The number of benzene rings is 1. The molecule has 1 heterocycles. The van der Waals surface area contributed by atoms with Crippen LogP contribution < -0.4 is 4.72 Å². The molecule has 1 atom stereocenters. The Morgan fingerprint density at radius 2 is 1.97 bits per heavy atom. The highest BCUT2D eigenvalue weighted by Crippen LogP contribution is 2.38. The topological polar surface area (TPSA) is 90.9 Å². The van der Waals surface area contributed by atoms with Crippen LogP contribution in [0, 0.1) is 5.82 Å². The first kappa shape index (κ1) is 22.0. The monoisotopic (exact) mass is 447 g/mol. The summed E-state index contributed by atoms with van der Waals surface area (Å²) in [6, 6.07) is 3.31. The minimum atomic E-state index is -4.10. The number of rotatable bonds is 4. The van der Waals surface area contributed by atoms with E-state index in [0.29, 0.717) is 13.2 Å². The summed E-state index contributed by atoms with van der Waals surface area (Å²) in [4.78, 5) is 12.8. The van der Waals surface area contributed by atoms with E-state index < -0.39 is 38.4 Å². The maximum atomic E-state index is 13.3. The predicted octanol–water partition coefficient (Wildman–Crippen LogP) is 3.39. The molecule has 0 amide bonds. The third kappa shape index (κ3) is 5.09. The lowest BCUT2D eigenvalue weighted by Gasteiger charge is -2.34. The average molecular weight is 448 g/mol. The van der Waals surface area contributed by atoms with E-state index in [9.17, 15) is 17.6 Å². The third-order valence-electron chi connectivity index (χ3n) is 4.45. The van der Waals surface area contributed by atoms with Crippen molar-refractivity contribution in [3.05, 3.63) is 40.7 Å². The zero-order valence-corrected chi connectivity index (χ0v) is 17.9. The van der Waals surface area contributed by atoms with Crippen LogP contribution in [0.5, 0.6) is 0 Å². The molecule has 0 saturated carbocycles.